The Labute approximate surface area is 123 Å². The summed E-state index contributed by atoms with van der Waals surface area (Å²) in [6.45, 7) is 3.25. The van der Waals surface area contributed by atoms with Gasteiger partial charge in [-0.15, -0.1) is 0 Å². The molecule has 1 aliphatic heterocycles. The quantitative estimate of drug-likeness (QED) is 0.801. The van der Waals surface area contributed by atoms with Gasteiger partial charge in [0, 0.05) is 24.5 Å². The first kappa shape index (κ1) is 14.4. The molecule has 5 atom stereocenters. The van der Waals surface area contributed by atoms with E-state index in [1.165, 1.54) is 38.5 Å². The molecule has 0 bridgehead atoms. The first-order valence-electron chi connectivity index (χ1n) is 8.71. The molecule has 1 amide bonds. The van der Waals surface area contributed by atoms with Gasteiger partial charge in [-0.25, -0.2) is 0 Å². The largest absolute Gasteiger partial charge is 0.339 e. The second-order valence-electron chi connectivity index (χ2n) is 7.56. The number of nitrogens with two attached hydrogens (primary N) is 1. The first-order chi connectivity index (χ1) is 9.65. The third-order valence-electron chi connectivity index (χ3n) is 5.85. The summed E-state index contributed by atoms with van der Waals surface area (Å²) in [4.78, 5) is 15.2. The minimum absolute atomic E-state index is 0.203. The van der Waals surface area contributed by atoms with Crippen LogP contribution < -0.4 is 5.73 Å². The topological polar surface area (TPSA) is 46.3 Å². The second kappa shape index (κ2) is 6.05. The summed E-state index contributed by atoms with van der Waals surface area (Å²) in [6.07, 6.45) is 10.9. The molecule has 0 aromatic heterocycles. The molecule has 2 N–H and O–H groups in total. The van der Waals surface area contributed by atoms with Crippen LogP contribution in [0.4, 0.5) is 0 Å². The molecule has 0 aromatic rings. The Morgan fingerprint density at radius 1 is 1.05 bits per heavy atom. The van der Waals surface area contributed by atoms with Gasteiger partial charge in [-0.1, -0.05) is 19.8 Å². The summed E-state index contributed by atoms with van der Waals surface area (Å²) < 4.78 is 0. The van der Waals surface area contributed by atoms with E-state index in [1.807, 2.05) is 0 Å². The van der Waals surface area contributed by atoms with Crippen LogP contribution in [0.25, 0.3) is 0 Å². The van der Waals surface area contributed by atoms with Gasteiger partial charge >= 0.3 is 0 Å². The molecule has 3 heteroatoms. The van der Waals surface area contributed by atoms with E-state index < -0.39 is 0 Å². The lowest BCUT2D eigenvalue weighted by Gasteiger charge is -2.46. The lowest BCUT2D eigenvalue weighted by Crippen LogP contribution is -2.52. The second-order valence-corrected chi connectivity index (χ2v) is 7.56. The molecule has 1 saturated heterocycles. The van der Waals surface area contributed by atoms with Crippen molar-refractivity contribution in [2.24, 2.45) is 23.5 Å². The predicted molar refractivity (Wildman–Crippen MR) is 81.2 cm³/mol. The zero-order valence-corrected chi connectivity index (χ0v) is 12.9. The van der Waals surface area contributed by atoms with Crippen LogP contribution in [0, 0.1) is 17.8 Å². The van der Waals surface area contributed by atoms with Crippen molar-refractivity contribution in [3.05, 3.63) is 0 Å². The minimum Gasteiger partial charge on any atom is -0.339 e. The molecule has 20 heavy (non-hydrogen) atoms. The van der Waals surface area contributed by atoms with Crippen LogP contribution in [-0.2, 0) is 4.79 Å². The summed E-state index contributed by atoms with van der Waals surface area (Å²) in [5, 5.41) is 0. The Morgan fingerprint density at radius 3 is 2.60 bits per heavy atom. The van der Waals surface area contributed by atoms with E-state index in [1.54, 1.807) is 0 Å². The molecule has 0 spiro atoms. The molecule has 0 radical (unpaired) electrons. The van der Waals surface area contributed by atoms with Gasteiger partial charge in [0.1, 0.15) is 0 Å². The van der Waals surface area contributed by atoms with Crippen LogP contribution in [0.1, 0.15) is 64.7 Å². The van der Waals surface area contributed by atoms with Gasteiger partial charge in [0.15, 0.2) is 0 Å². The van der Waals surface area contributed by atoms with Gasteiger partial charge in [-0.3, -0.25) is 4.79 Å². The lowest BCUT2D eigenvalue weighted by molar-refractivity contribution is -0.143. The van der Waals surface area contributed by atoms with Gasteiger partial charge in [0.05, 0.1) is 0 Å². The van der Waals surface area contributed by atoms with Crippen LogP contribution in [0.15, 0.2) is 0 Å². The fourth-order valence-corrected chi connectivity index (χ4v) is 4.99. The van der Waals surface area contributed by atoms with Crippen LogP contribution in [0.5, 0.6) is 0 Å². The molecule has 3 nitrogen and oxygen atoms in total. The molecule has 114 valence electrons. The number of likely N-dealkylation sites (tertiary alicyclic amines) is 1. The normalized spacial score (nSPS) is 42.1. The van der Waals surface area contributed by atoms with Crippen molar-refractivity contribution >= 4 is 5.91 Å². The van der Waals surface area contributed by atoms with Crippen molar-refractivity contribution in [1.82, 2.24) is 4.90 Å². The maximum atomic E-state index is 13.0. The van der Waals surface area contributed by atoms with Crippen molar-refractivity contribution in [3.8, 4) is 0 Å². The summed E-state index contributed by atoms with van der Waals surface area (Å²) >= 11 is 0. The van der Waals surface area contributed by atoms with Crippen LogP contribution in [0.2, 0.25) is 0 Å². The Hall–Kier alpha value is -0.570. The third kappa shape index (κ3) is 2.88. The van der Waals surface area contributed by atoms with Gasteiger partial charge in [0.25, 0.3) is 0 Å². The monoisotopic (exact) mass is 278 g/mol. The van der Waals surface area contributed by atoms with Gasteiger partial charge in [-0.2, -0.15) is 0 Å². The third-order valence-corrected chi connectivity index (χ3v) is 5.85. The highest BCUT2D eigenvalue weighted by atomic mass is 16.2. The number of hydrogen-bond donors (Lipinski definition) is 1. The van der Waals surface area contributed by atoms with E-state index in [9.17, 15) is 4.79 Å². The molecular weight excluding hydrogens is 248 g/mol. The Balaban J connectivity index is 1.68. The number of carbonyl (C=O) groups excluding carboxylic acids is 1. The Bertz CT molecular complexity index is 345. The highest BCUT2D eigenvalue weighted by molar-refractivity contribution is 5.79. The fraction of sp³-hybridized carbons (Fsp3) is 0.941. The summed E-state index contributed by atoms with van der Waals surface area (Å²) in [6, 6.07) is 0.790. The molecule has 2 aliphatic carbocycles. The number of nitrogens with zero attached hydrogens (tertiary/aromatic N) is 1. The number of fused-ring (bicyclic) bond motifs is 1. The van der Waals surface area contributed by atoms with E-state index in [-0.39, 0.29) is 12.0 Å². The van der Waals surface area contributed by atoms with E-state index in [0.717, 1.165) is 31.7 Å². The van der Waals surface area contributed by atoms with E-state index >= 15 is 0 Å². The van der Waals surface area contributed by atoms with Crippen LogP contribution in [-0.4, -0.2) is 29.4 Å². The Kier molecular flexibility index (Phi) is 4.34. The average Bonchev–Trinajstić information content (AvgIpc) is 2.45. The predicted octanol–water partition coefficient (Wildman–Crippen LogP) is 2.93. The average molecular weight is 278 g/mol. The number of rotatable bonds is 1. The number of carbonyl (C=O) groups is 1. The van der Waals surface area contributed by atoms with Gasteiger partial charge in [0.2, 0.25) is 5.91 Å². The molecule has 3 unspecified atom stereocenters. The van der Waals surface area contributed by atoms with Crippen molar-refractivity contribution in [2.45, 2.75) is 76.8 Å². The summed E-state index contributed by atoms with van der Waals surface area (Å²) in [7, 11) is 0. The lowest BCUT2D eigenvalue weighted by atomic mass is 9.75. The molecule has 3 fully saturated rings. The number of hydrogen-bond acceptors (Lipinski definition) is 2. The minimum atomic E-state index is 0.203. The number of piperidine rings is 1. The van der Waals surface area contributed by atoms with Crippen molar-refractivity contribution in [1.29, 1.82) is 0 Å². The molecule has 3 aliphatic rings. The highest BCUT2D eigenvalue weighted by Gasteiger charge is 2.39. The summed E-state index contributed by atoms with van der Waals surface area (Å²) in [5.74, 6) is 2.04. The summed E-state index contributed by atoms with van der Waals surface area (Å²) in [5.41, 5.74) is 6.14. The molecule has 3 rings (SSSR count). The maximum absolute atomic E-state index is 13.0. The first-order valence-corrected chi connectivity index (χ1v) is 8.71. The standard InChI is InChI=1S/C17H30N2O/c1-12-9-14(11-15(18)10-12)17(20)19-8-4-6-13-5-2-3-7-16(13)19/h12-16H,2-11,18H2,1H3/t12?,13-,14?,15?,16-/m1/s1. The molecule has 0 aromatic carbocycles. The van der Waals surface area contributed by atoms with E-state index in [2.05, 4.69) is 11.8 Å². The molecule has 2 saturated carbocycles. The molecule has 1 heterocycles. The van der Waals surface area contributed by atoms with E-state index in [0.29, 0.717) is 17.9 Å². The zero-order valence-electron chi connectivity index (χ0n) is 12.9. The van der Waals surface area contributed by atoms with Crippen molar-refractivity contribution < 1.29 is 4.79 Å². The highest BCUT2D eigenvalue weighted by Crippen LogP contribution is 2.38. The number of amides is 1. The molecular formula is C17H30N2O. The Morgan fingerprint density at radius 2 is 1.80 bits per heavy atom. The SMILES string of the molecule is CC1CC(N)CC(C(=O)N2CCC[C@H]3CCCC[C@H]32)C1. The van der Waals surface area contributed by atoms with Crippen molar-refractivity contribution in [3.63, 3.8) is 0 Å². The smallest absolute Gasteiger partial charge is 0.226 e. The van der Waals surface area contributed by atoms with Gasteiger partial charge in [-0.05, 0) is 56.8 Å². The maximum Gasteiger partial charge on any atom is 0.226 e. The van der Waals surface area contributed by atoms with Crippen molar-refractivity contribution in [2.75, 3.05) is 6.54 Å². The fourth-order valence-electron chi connectivity index (χ4n) is 4.99. The van der Waals surface area contributed by atoms with E-state index in [4.69, 9.17) is 5.73 Å². The van der Waals surface area contributed by atoms with Gasteiger partial charge < -0.3 is 10.6 Å². The van der Waals surface area contributed by atoms with Crippen LogP contribution >= 0.6 is 0 Å². The zero-order chi connectivity index (χ0) is 14.1. The van der Waals surface area contributed by atoms with Crippen LogP contribution in [0.3, 0.4) is 0 Å².